The maximum absolute atomic E-state index is 2.40. The quantitative estimate of drug-likeness (QED) is 0.417. The Kier molecular flexibility index (Phi) is 7.58. The predicted molar refractivity (Wildman–Crippen MR) is 59.4 cm³/mol. The number of hydrogen-bond acceptors (Lipinski definition) is 0. The van der Waals surface area contributed by atoms with Gasteiger partial charge >= 0.3 is 103 Å². The van der Waals surface area contributed by atoms with Crippen molar-refractivity contribution in [1.29, 1.82) is 0 Å². The van der Waals surface area contributed by atoms with Crippen molar-refractivity contribution in [3.8, 4) is 0 Å². The van der Waals surface area contributed by atoms with Crippen molar-refractivity contribution in [3.05, 3.63) is 41.0 Å². The molecule has 2 aliphatic carbocycles. The molecule has 0 amide bonds. The minimum atomic E-state index is 0. The third-order valence-corrected chi connectivity index (χ3v) is 4.80. The Morgan fingerprint density at radius 3 is 2.50 bits per heavy atom. The number of rotatable bonds is 0. The van der Waals surface area contributed by atoms with Crippen LogP contribution in [0.5, 0.6) is 0 Å². The molecule has 0 fully saturated rings. The summed E-state index contributed by atoms with van der Waals surface area (Å²) in [5.74, 6) is 0.673. The van der Waals surface area contributed by atoms with Crippen molar-refractivity contribution < 1.29 is 57.7 Å². The van der Waals surface area contributed by atoms with Crippen LogP contribution in [0.1, 0.15) is 43.2 Å². The molecule has 0 radical (unpaired) electrons. The standard InChI is InChI=1S/C14H15.3ClH.Ti/c1-10-11-6-2-4-8-13(11)14-9-5-3-7-12(10)14;;;;/h2,4,6-8,10H,3,5,9H2,1H3;3*1H;/q;;;;+3/p-3. The molecule has 18 heavy (non-hydrogen) atoms. The van der Waals surface area contributed by atoms with Crippen LogP contribution in [0.4, 0.5) is 0 Å². The SMILES string of the molecule is CC1C2=C(CCC[CH]2[Ti+3])c2ccccc21.[Cl-].[Cl-].[Cl-]. The zero-order valence-corrected chi connectivity index (χ0v) is 14.0. The molecule has 0 N–H and O–H groups in total. The molecule has 0 nitrogen and oxygen atoms in total. The van der Waals surface area contributed by atoms with Gasteiger partial charge in [-0.05, 0) is 0 Å². The third kappa shape index (κ3) is 2.84. The van der Waals surface area contributed by atoms with E-state index in [9.17, 15) is 0 Å². The van der Waals surface area contributed by atoms with Gasteiger partial charge in [-0.15, -0.1) is 0 Å². The normalized spacial score (nSPS) is 24.2. The van der Waals surface area contributed by atoms with Crippen LogP contribution in [0.25, 0.3) is 5.57 Å². The van der Waals surface area contributed by atoms with Gasteiger partial charge in [-0.1, -0.05) is 0 Å². The number of hydrogen-bond donors (Lipinski definition) is 0. The minimum absolute atomic E-state index is 0. The first-order valence-electron chi connectivity index (χ1n) is 5.82. The summed E-state index contributed by atoms with van der Waals surface area (Å²) in [6.07, 6.45) is 4.07. The van der Waals surface area contributed by atoms with Crippen molar-refractivity contribution >= 4 is 5.57 Å². The molecule has 3 rings (SSSR count). The molecule has 0 spiro atoms. The summed E-state index contributed by atoms with van der Waals surface area (Å²) in [6, 6.07) is 8.98. The number of fused-ring (bicyclic) bond motifs is 2. The van der Waals surface area contributed by atoms with Crippen molar-refractivity contribution in [2.75, 3.05) is 0 Å². The van der Waals surface area contributed by atoms with Gasteiger partial charge in [-0.2, -0.15) is 0 Å². The molecule has 0 aliphatic heterocycles. The average molecular weight is 338 g/mol. The molecule has 0 bridgehead atoms. The van der Waals surface area contributed by atoms with E-state index in [2.05, 4.69) is 51.6 Å². The number of allylic oxidation sites excluding steroid dienone is 2. The molecule has 0 heterocycles. The Morgan fingerprint density at radius 2 is 1.78 bits per heavy atom. The van der Waals surface area contributed by atoms with Crippen molar-refractivity contribution in [3.63, 3.8) is 0 Å². The Hall–Kier alpha value is 0.544. The zero-order valence-electron chi connectivity index (χ0n) is 10.2. The maximum Gasteiger partial charge on any atom is -1.00 e. The van der Waals surface area contributed by atoms with Crippen LogP contribution >= 0.6 is 0 Å². The van der Waals surface area contributed by atoms with Crippen LogP contribution in [0.15, 0.2) is 29.8 Å². The second-order valence-corrected chi connectivity index (χ2v) is 5.78. The predicted octanol–water partition coefficient (Wildman–Crippen LogP) is -4.91. The molecule has 1 aromatic carbocycles. The summed E-state index contributed by atoms with van der Waals surface area (Å²) in [5, 5.41) is 0. The van der Waals surface area contributed by atoms with Crippen LogP contribution in [-0.2, 0) is 20.4 Å². The molecule has 4 heteroatoms. The first kappa shape index (κ1) is 18.5. The van der Waals surface area contributed by atoms with E-state index in [-0.39, 0.29) is 37.2 Å². The summed E-state index contributed by atoms with van der Waals surface area (Å²) in [5.41, 5.74) is 6.53. The van der Waals surface area contributed by atoms with Crippen LogP contribution in [-0.4, -0.2) is 0 Å². The molecule has 0 saturated carbocycles. The fourth-order valence-electron chi connectivity index (χ4n) is 3.16. The van der Waals surface area contributed by atoms with Crippen LogP contribution in [0.3, 0.4) is 0 Å². The Morgan fingerprint density at radius 1 is 1.11 bits per heavy atom. The van der Waals surface area contributed by atoms with E-state index in [0.717, 1.165) is 4.22 Å². The van der Waals surface area contributed by atoms with Crippen molar-refractivity contribution in [2.24, 2.45) is 0 Å². The first-order chi connectivity index (χ1) is 7.29. The summed E-state index contributed by atoms with van der Waals surface area (Å²) in [6.45, 7) is 2.38. The summed E-state index contributed by atoms with van der Waals surface area (Å²) in [7, 11) is 0. The van der Waals surface area contributed by atoms with Crippen LogP contribution in [0.2, 0.25) is 4.22 Å². The number of halogens is 3. The summed E-state index contributed by atoms with van der Waals surface area (Å²) >= 11 is 2.40. The van der Waals surface area contributed by atoms with E-state index in [0.29, 0.717) is 5.92 Å². The van der Waals surface area contributed by atoms with Gasteiger partial charge in [0, 0.05) is 0 Å². The molecular formula is C14H15Cl3Ti. The second kappa shape index (κ2) is 7.36. The Balaban J connectivity index is 0.000000963. The van der Waals surface area contributed by atoms with Gasteiger partial charge < -0.3 is 37.2 Å². The first-order valence-corrected chi connectivity index (χ1v) is 6.72. The topological polar surface area (TPSA) is 0 Å². The van der Waals surface area contributed by atoms with E-state index in [1.807, 2.05) is 0 Å². The smallest absolute Gasteiger partial charge is 1.00 e. The van der Waals surface area contributed by atoms with Crippen molar-refractivity contribution in [1.82, 2.24) is 0 Å². The largest absolute Gasteiger partial charge is 1.00 e. The average Bonchev–Trinajstić information content (AvgIpc) is 2.55. The number of benzene rings is 1. The Labute approximate surface area is 140 Å². The minimum Gasteiger partial charge on any atom is -1.00 e. The van der Waals surface area contributed by atoms with Crippen molar-refractivity contribution in [2.45, 2.75) is 36.3 Å². The van der Waals surface area contributed by atoms with Crippen LogP contribution in [0, 0.1) is 0 Å². The summed E-state index contributed by atoms with van der Waals surface area (Å²) < 4.78 is 0.802. The molecule has 2 unspecified atom stereocenters. The van der Waals surface area contributed by atoms with E-state index < -0.39 is 0 Å². The van der Waals surface area contributed by atoms with Gasteiger partial charge in [-0.25, -0.2) is 0 Å². The van der Waals surface area contributed by atoms with E-state index in [4.69, 9.17) is 0 Å². The molecule has 2 aliphatic rings. The van der Waals surface area contributed by atoms with E-state index >= 15 is 0 Å². The van der Waals surface area contributed by atoms with Gasteiger partial charge in [0.1, 0.15) is 0 Å². The Bertz CT molecular complexity index is 442. The van der Waals surface area contributed by atoms with Gasteiger partial charge in [0.25, 0.3) is 0 Å². The van der Waals surface area contributed by atoms with E-state index in [1.165, 1.54) is 19.3 Å². The van der Waals surface area contributed by atoms with E-state index in [1.54, 1.807) is 22.3 Å². The monoisotopic (exact) mass is 336 g/mol. The molecule has 0 saturated heterocycles. The molecule has 2 atom stereocenters. The third-order valence-electron chi connectivity index (χ3n) is 3.86. The zero-order chi connectivity index (χ0) is 10.4. The molecule has 0 aromatic heterocycles. The van der Waals surface area contributed by atoms with Gasteiger partial charge in [0.2, 0.25) is 0 Å². The maximum atomic E-state index is 2.40. The fraction of sp³-hybridized carbons (Fsp3) is 0.429. The fourth-order valence-corrected chi connectivity index (χ4v) is 4.14. The van der Waals surface area contributed by atoms with Crippen LogP contribution < -0.4 is 37.2 Å². The second-order valence-electron chi connectivity index (χ2n) is 4.69. The van der Waals surface area contributed by atoms with Gasteiger partial charge in [0.05, 0.1) is 0 Å². The van der Waals surface area contributed by atoms with Gasteiger partial charge in [0.15, 0.2) is 0 Å². The summed E-state index contributed by atoms with van der Waals surface area (Å²) in [4.78, 5) is 0. The molecular weight excluding hydrogens is 322 g/mol. The molecule has 96 valence electrons. The molecule has 1 aromatic rings. The van der Waals surface area contributed by atoms with Gasteiger partial charge in [-0.3, -0.25) is 0 Å².